The molecule has 3 aromatic rings. The van der Waals surface area contributed by atoms with Gasteiger partial charge in [0.2, 0.25) is 5.91 Å². The van der Waals surface area contributed by atoms with Gasteiger partial charge in [-0.2, -0.15) is 0 Å². The third-order valence-electron chi connectivity index (χ3n) is 6.00. The minimum atomic E-state index is -0.851. The molecule has 0 aliphatic carbocycles. The van der Waals surface area contributed by atoms with E-state index in [1.807, 2.05) is 90.8 Å². The molecule has 1 aliphatic heterocycles. The molecule has 1 amide bonds. The van der Waals surface area contributed by atoms with Crippen molar-refractivity contribution in [3.8, 4) is 0 Å². The predicted molar refractivity (Wildman–Crippen MR) is 139 cm³/mol. The minimum absolute atomic E-state index is 0.186. The molecule has 7 heteroatoms. The molecule has 0 saturated heterocycles. The van der Waals surface area contributed by atoms with E-state index < -0.39 is 18.2 Å². The Bertz CT molecular complexity index is 1210. The minimum Gasteiger partial charge on any atom is -0.356 e. The van der Waals surface area contributed by atoms with Gasteiger partial charge in [0.1, 0.15) is 12.2 Å². The van der Waals surface area contributed by atoms with Crippen LogP contribution in [0.5, 0.6) is 0 Å². The van der Waals surface area contributed by atoms with Crippen molar-refractivity contribution in [2.45, 2.75) is 31.6 Å². The fraction of sp³-hybridized carbons (Fsp3) is 0.222. The Labute approximate surface area is 208 Å². The fourth-order valence-corrected chi connectivity index (χ4v) is 4.37. The lowest BCUT2D eigenvalue weighted by molar-refractivity contribution is -0.127. The first-order valence-corrected chi connectivity index (χ1v) is 11.9. The topological polar surface area (TPSA) is 87.8 Å². The van der Waals surface area contributed by atoms with Crippen molar-refractivity contribution >= 4 is 39.0 Å². The first-order valence-electron chi connectivity index (χ1n) is 11.1. The zero-order valence-electron chi connectivity index (χ0n) is 19.1. The maximum atomic E-state index is 13.5. The van der Waals surface area contributed by atoms with Crippen LogP contribution in [0, 0.1) is 0 Å². The first-order chi connectivity index (χ1) is 16.3. The highest BCUT2D eigenvalue weighted by Crippen LogP contribution is 2.29. The number of carbonyl (C=O) groups is 2. The number of nitrogens with zero attached hydrogens (tertiary/aromatic N) is 2. The van der Waals surface area contributed by atoms with E-state index in [1.165, 1.54) is 0 Å². The fourth-order valence-electron chi connectivity index (χ4n) is 4.10. The van der Waals surface area contributed by atoms with E-state index in [0.717, 1.165) is 26.9 Å². The number of likely N-dealkylation sites (N-methyl/N-ethyl adjacent to an activating group) is 1. The zero-order chi connectivity index (χ0) is 24.2. The summed E-state index contributed by atoms with van der Waals surface area (Å²) in [5, 5.41) is 2.83. The van der Waals surface area contributed by atoms with Crippen LogP contribution in [0.1, 0.15) is 23.6 Å². The van der Waals surface area contributed by atoms with Gasteiger partial charge in [0, 0.05) is 28.3 Å². The number of para-hydroxylation sites is 1. The number of halogens is 1. The number of aliphatic imine (C=N–C) groups is 1. The van der Waals surface area contributed by atoms with Gasteiger partial charge in [0.25, 0.3) is 0 Å². The summed E-state index contributed by atoms with van der Waals surface area (Å²) in [4.78, 5) is 32.9. The van der Waals surface area contributed by atoms with E-state index in [9.17, 15) is 9.59 Å². The van der Waals surface area contributed by atoms with E-state index >= 15 is 0 Å². The van der Waals surface area contributed by atoms with E-state index in [2.05, 4.69) is 21.2 Å². The van der Waals surface area contributed by atoms with Crippen molar-refractivity contribution in [2.24, 2.45) is 10.7 Å². The Morgan fingerprint density at radius 2 is 1.68 bits per heavy atom. The molecule has 0 fully saturated rings. The number of Topliss-reactive ketones (excluding diaryl/α,β-unsaturated/α-hetero) is 1. The number of benzodiazepines with no additional fused rings is 1. The Kier molecular flexibility index (Phi) is 7.24. The maximum Gasteiger partial charge on any atom is 0.224 e. The molecule has 1 heterocycles. The SMILES string of the molecule is CC(NC(=O)Cc1ccc(Br)cc1)C(=O)C1N=C(c2ccccc2)c2ccccc2N(C)[C@@H]1N. The molecule has 4 rings (SSSR count). The van der Waals surface area contributed by atoms with Gasteiger partial charge in [-0.15, -0.1) is 0 Å². The number of benzene rings is 3. The van der Waals surface area contributed by atoms with Crippen molar-refractivity contribution in [3.63, 3.8) is 0 Å². The monoisotopic (exact) mass is 518 g/mol. The Morgan fingerprint density at radius 1 is 1.03 bits per heavy atom. The number of nitrogens with one attached hydrogen (secondary N) is 1. The lowest BCUT2D eigenvalue weighted by Crippen LogP contribution is -2.55. The van der Waals surface area contributed by atoms with E-state index in [-0.39, 0.29) is 18.1 Å². The number of fused-ring (bicyclic) bond motifs is 1. The van der Waals surface area contributed by atoms with E-state index in [1.54, 1.807) is 6.92 Å². The standard InChI is InChI=1S/C27H27BrN4O2/c1-17(30-23(33)16-18-12-14-20(28)15-13-18)26(34)25-27(29)32(2)22-11-7-6-10-21(22)24(31-25)19-8-4-3-5-9-19/h3-15,17,25,27H,16,29H2,1-2H3,(H,30,33)/t17?,25?,27-/m0/s1. The highest BCUT2D eigenvalue weighted by molar-refractivity contribution is 9.10. The molecule has 0 aromatic heterocycles. The molecule has 34 heavy (non-hydrogen) atoms. The normalized spacial score (nSPS) is 18.4. The lowest BCUT2D eigenvalue weighted by Gasteiger charge is -2.30. The van der Waals surface area contributed by atoms with Gasteiger partial charge in [0.15, 0.2) is 5.78 Å². The van der Waals surface area contributed by atoms with Crippen molar-refractivity contribution in [1.29, 1.82) is 0 Å². The van der Waals surface area contributed by atoms with Crippen LogP contribution in [0.2, 0.25) is 0 Å². The molecule has 3 atom stereocenters. The van der Waals surface area contributed by atoms with Crippen LogP contribution >= 0.6 is 15.9 Å². The highest BCUT2D eigenvalue weighted by Gasteiger charge is 2.36. The number of carbonyl (C=O) groups excluding carboxylic acids is 2. The molecule has 1 aliphatic rings. The summed E-state index contributed by atoms with van der Waals surface area (Å²) in [6.45, 7) is 1.68. The molecule has 3 aromatic carbocycles. The van der Waals surface area contributed by atoms with Gasteiger partial charge >= 0.3 is 0 Å². The summed E-state index contributed by atoms with van der Waals surface area (Å²) in [7, 11) is 1.87. The lowest BCUT2D eigenvalue weighted by atomic mass is 10.00. The average Bonchev–Trinajstić information content (AvgIpc) is 2.95. The third kappa shape index (κ3) is 5.11. The Balaban J connectivity index is 1.61. The van der Waals surface area contributed by atoms with Gasteiger partial charge in [-0.05, 0) is 30.7 Å². The summed E-state index contributed by atoms with van der Waals surface area (Å²) in [5.41, 5.74) is 10.9. The molecular formula is C27H27BrN4O2. The molecule has 0 bridgehead atoms. The number of amides is 1. The second kappa shape index (κ2) is 10.3. The van der Waals surface area contributed by atoms with Gasteiger partial charge in [-0.3, -0.25) is 14.6 Å². The quantitative estimate of drug-likeness (QED) is 0.520. The van der Waals surface area contributed by atoms with Crippen LogP contribution in [0.25, 0.3) is 0 Å². The van der Waals surface area contributed by atoms with Crippen molar-refractivity contribution in [1.82, 2.24) is 5.32 Å². The molecule has 0 radical (unpaired) electrons. The van der Waals surface area contributed by atoms with Crippen LogP contribution in [-0.4, -0.2) is 42.7 Å². The number of hydrogen-bond acceptors (Lipinski definition) is 5. The summed E-state index contributed by atoms with van der Waals surface area (Å²) in [6.07, 6.45) is -0.494. The predicted octanol–water partition coefficient (Wildman–Crippen LogP) is 3.71. The number of nitrogens with two attached hydrogens (primary N) is 1. The molecular weight excluding hydrogens is 492 g/mol. The van der Waals surface area contributed by atoms with E-state index in [4.69, 9.17) is 10.7 Å². The molecule has 0 saturated carbocycles. The smallest absolute Gasteiger partial charge is 0.224 e. The van der Waals surface area contributed by atoms with Crippen LogP contribution in [0.4, 0.5) is 5.69 Å². The largest absolute Gasteiger partial charge is 0.356 e. The van der Waals surface area contributed by atoms with Crippen molar-refractivity contribution < 1.29 is 9.59 Å². The average molecular weight is 519 g/mol. The molecule has 174 valence electrons. The van der Waals surface area contributed by atoms with Crippen LogP contribution in [0.15, 0.2) is 88.3 Å². The number of hydrogen-bond donors (Lipinski definition) is 2. The molecule has 2 unspecified atom stereocenters. The maximum absolute atomic E-state index is 13.5. The van der Waals surface area contributed by atoms with Crippen molar-refractivity contribution in [2.75, 3.05) is 11.9 Å². The van der Waals surface area contributed by atoms with Crippen molar-refractivity contribution in [3.05, 3.63) is 100 Å². The van der Waals surface area contributed by atoms with Crippen LogP contribution in [0.3, 0.4) is 0 Å². The van der Waals surface area contributed by atoms with Gasteiger partial charge < -0.3 is 16.0 Å². The second-order valence-corrected chi connectivity index (χ2v) is 9.32. The number of anilines is 1. The second-order valence-electron chi connectivity index (χ2n) is 8.40. The van der Waals surface area contributed by atoms with Gasteiger partial charge in [0.05, 0.1) is 18.2 Å². The number of ketones is 1. The summed E-state index contributed by atoms with van der Waals surface area (Å²) in [6, 6.07) is 23.5. The molecule has 3 N–H and O–H groups in total. The summed E-state index contributed by atoms with van der Waals surface area (Å²) >= 11 is 3.39. The summed E-state index contributed by atoms with van der Waals surface area (Å²) < 4.78 is 0.944. The van der Waals surface area contributed by atoms with Gasteiger partial charge in [-0.1, -0.05) is 76.6 Å². The van der Waals surface area contributed by atoms with Gasteiger partial charge in [-0.25, -0.2) is 0 Å². The zero-order valence-corrected chi connectivity index (χ0v) is 20.7. The Morgan fingerprint density at radius 3 is 2.38 bits per heavy atom. The summed E-state index contributed by atoms with van der Waals surface area (Å²) in [5.74, 6) is -0.459. The number of rotatable bonds is 6. The molecule has 6 nitrogen and oxygen atoms in total. The first kappa shape index (κ1) is 23.9. The van der Waals surface area contributed by atoms with Crippen LogP contribution in [-0.2, 0) is 16.0 Å². The Hall–Kier alpha value is -3.29. The van der Waals surface area contributed by atoms with Crippen LogP contribution < -0.4 is 16.0 Å². The third-order valence-corrected chi connectivity index (χ3v) is 6.53. The molecule has 0 spiro atoms. The van der Waals surface area contributed by atoms with E-state index in [0.29, 0.717) is 5.71 Å². The highest BCUT2D eigenvalue weighted by atomic mass is 79.9.